The Morgan fingerprint density at radius 3 is 2.58 bits per heavy atom. The van der Waals surface area contributed by atoms with Crippen molar-refractivity contribution in [2.24, 2.45) is 0 Å². The Morgan fingerprint density at radius 2 is 1.87 bits per heavy atom. The van der Waals surface area contributed by atoms with E-state index in [9.17, 15) is 13.2 Å². The standard InChI is InChI=1S/C21H23N3O5S2/c1-4-10-22-31(26,27)16-7-5-6-15(11-16)20(25)24-21-23-17(13-30-21)14-8-9-18(28-2)19(12-14)29-3/h5-9,11-13,22H,4,10H2,1-3H3,(H,23,24,25). The number of thiazole rings is 1. The van der Waals surface area contributed by atoms with Crippen LogP contribution in [0.4, 0.5) is 5.13 Å². The summed E-state index contributed by atoms with van der Waals surface area (Å²) in [7, 11) is -0.541. The molecule has 0 radical (unpaired) electrons. The number of hydrogen-bond acceptors (Lipinski definition) is 7. The van der Waals surface area contributed by atoms with Crippen molar-refractivity contribution < 1.29 is 22.7 Å². The number of carbonyl (C=O) groups excluding carboxylic acids is 1. The Morgan fingerprint density at radius 1 is 1.10 bits per heavy atom. The van der Waals surface area contributed by atoms with Crippen LogP contribution in [0, 0.1) is 0 Å². The Labute approximate surface area is 185 Å². The lowest BCUT2D eigenvalue weighted by atomic mass is 10.1. The number of aromatic nitrogens is 1. The quantitative estimate of drug-likeness (QED) is 0.502. The van der Waals surface area contributed by atoms with Crippen molar-refractivity contribution >= 4 is 32.4 Å². The van der Waals surface area contributed by atoms with Gasteiger partial charge in [0.2, 0.25) is 10.0 Å². The van der Waals surface area contributed by atoms with Gasteiger partial charge in [-0.2, -0.15) is 0 Å². The van der Waals surface area contributed by atoms with Crippen LogP contribution < -0.4 is 19.5 Å². The molecule has 0 aliphatic heterocycles. The van der Waals surface area contributed by atoms with E-state index in [0.717, 1.165) is 5.56 Å². The average Bonchev–Trinajstić information content (AvgIpc) is 3.25. The molecule has 3 aromatic rings. The number of anilines is 1. The highest BCUT2D eigenvalue weighted by molar-refractivity contribution is 7.89. The zero-order valence-corrected chi connectivity index (χ0v) is 19.0. The zero-order chi connectivity index (χ0) is 22.4. The molecule has 0 aliphatic rings. The predicted molar refractivity (Wildman–Crippen MR) is 121 cm³/mol. The zero-order valence-electron chi connectivity index (χ0n) is 17.3. The molecule has 0 saturated carbocycles. The van der Waals surface area contributed by atoms with E-state index in [1.165, 1.54) is 29.5 Å². The maximum Gasteiger partial charge on any atom is 0.257 e. The van der Waals surface area contributed by atoms with Crippen LogP contribution in [0.1, 0.15) is 23.7 Å². The van der Waals surface area contributed by atoms with Crippen LogP contribution in [0.5, 0.6) is 11.5 Å². The topological polar surface area (TPSA) is 107 Å². The summed E-state index contributed by atoms with van der Waals surface area (Å²) in [5.41, 5.74) is 1.70. The van der Waals surface area contributed by atoms with Crippen molar-refractivity contribution in [1.82, 2.24) is 9.71 Å². The van der Waals surface area contributed by atoms with Gasteiger partial charge in [-0.15, -0.1) is 11.3 Å². The Bertz CT molecular complexity index is 1180. The second-order valence-corrected chi connectivity index (χ2v) is 9.11. The van der Waals surface area contributed by atoms with Crippen molar-refractivity contribution in [2.75, 3.05) is 26.1 Å². The van der Waals surface area contributed by atoms with Crippen molar-refractivity contribution in [3.05, 3.63) is 53.4 Å². The highest BCUT2D eigenvalue weighted by Gasteiger charge is 2.17. The maximum absolute atomic E-state index is 12.6. The lowest BCUT2D eigenvalue weighted by molar-refractivity contribution is 0.102. The molecule has 2 aromatic carbocycles. The van der Waals surface area contributed by atoms with Crippen LogP contribution in [0.25, 0.3) is 11.3 Å². The molecule has 0 fully saturated rings. The van der Waals surface area contributed by atoms with E-state index in [4.69, 9.17) is 9.47 Å². The first kappa shape index (κ1) is 22.7. The van der Waals surface area contributed by atoms with Gasteiger partial charge in [-0.3, -0.25) is 10.1 Å². The number of hydrogen-bond donors (Lipinski definition) is 2. The molecule has 8 nitrogen and oxygen atoms in total. The van der Waals surface area contributed by atoms with E-state index in [1.807, 2.05) is 18.4 Å². The van der Waals surface area contributed by atoms with Gasteiger partial charge in [0.05, 0.1) is 24.8 Å². The van der Waals surface area contributed by atoms with Crippen LogP contribution in [-0.2, 0) is 10.0 Å². The fraction of sp³-hybridized carbons (Fsp3) is 0.238. The summed E-state index contributed by atoms with van der Waals surface area (Å²) < 4.78 is 37.7. The van der Waals surface area contributed by atoms with E-state index in [0.29, 0.717) is 35.3 Å². The molecule has 0 unspecified atom stereocenters. The minimum absolute atomic E-state index is 0.0405. The fourth-order valence-electron chi connectivity index (χ4n) is 2.75. The van der Waals surface area contributed by atoms with Gasteiger partial charge in [-0.25, -0.2) is 18.1 Å². The number of amides is 1. The van der Waals surface area contributed by atoms with Gasteiger partial charge < -0.3 is 9.47 Å². The number of ether oxygens (including phenoxy) is 2. The predicted octanol–water partition coefficient (Wildman–Crippen LogP) is 3.77. The highest BCUT2D eigenvalue weighted by atomic mass is 32.2. The average molecular weight is 462 g/mol. The molecule has 1 heterocycles. The Hall–Kier alpha value is -2.95. The smallest absolute Gasteiger partial charge is 0.257 e. The minimum Gasteiger partial charge on any atom is -0.493 e. The van der Waals surface area contributed by atoms with E-state index in [-0.39, 0.29) is 10.5 Å². The van der Waals surface area contributed by atoms with E-state index in [2.05, 4.69) is 15.0 Å². The second kappa shape index (κ2) is 9.90. The SMILES string of the molecule is CCCNS(=O)(=O)c1cccc(C(=O)Nc2nc(-c3ccc(OC)c(OC)c3)cs2)c1. The van der Waals surface area contributed by atoms with Gasteiger partial charge in [0.25, 0.3) is 5.91 Å². The molecule has 1 aromatic heterocycles. The van der Waals surface area contributed by atoms with Crippen LogP contribution in [-0.4, -0.2) is 40.1 Å². The molecule has 0 saturated heterocycles. The van der Waals surface area contributed by atoms with Gasteiger partial charge >= 0.3 is 0 Å². The number of nitrogens with zero attached hydrogens (tertiary/aromatic N) is 1. The second-order valence-electron chi connectivity index (χ2n) is 6.49. The van der Waals surface area contributed by atoms with Crippen LogP contribution in [0.2, 0.25) is 0 Å². The lowest BCUT2D eigenvalue weighted by Gasteiger charge is -2.08. The van der Waals surface area contributed by atoms with E-state index >= 15 is 0 Å². The molecule has 2 N–H and O–H groups in total. The molecule has 0 spiro atoms. The van der Waals surface area contributed by atoms with E-state index < -0.39 is 15.9 Å². The number of carbonyl (C=O) groups is 1. The minimum atomic E-state index is -3.66. The molecule has 10 heteroatoms. The summed E-state index contributed by atoms with van der Waals surface area (Å²) in [5.74, 6) is 0.743. The van der Waals surface area contributed by atoms with Gasteiger partial charge in [-0.05, 0) is 42.8 Å². The molecule has 0 atom stereocenters. The van der Waals surface area contributed by atoms with Crippen molar-refractivity contribution in [1.29, 1.82) is 0 Å². The molecular weight excluding hydrogens is 438 g/mol. The van der Waals surface area contributed by atoms with Crippen LogP contribution >= 0.6 is 11.3 Å². The first-order chi connectivity index (χ1) is 14.9. The summed E-state index contributed by atoms with van der Waals surface area (Å²) in [6, 6.07) is 11.3. The third-order valence-electron chi connectivity index (χ3n) is 4.35. The Balaban J connectivity index is 1.77. The van der Waals surface area contributed by atoms with Gasteiger partial charge in [0.1, 0.15) is 0 Å². The van der Waals surface area contributed by atoms with Crippen LogP contribution in [0.15, 0.2) is 52.7 Å². The monoisotopic (exact) mass is 461 g/mol. The number of nitrogens with one attached hydrogen (secondary N) is 2. The molecular formula is C21H23N3O5S2. The summed E-state index contributed by atoms with van der Waals surface area (Å²) in [4.78, 5) is 17.1. The van der Waals surface area contributed by atoms with Gasteiger partial charge in [0, 0.05) is 23.1 Å². The first-order valence-corrected chi connectivity index (χ1v) is 11.8. The summed E-state index contributed by atoms with van der Waals surface area (Å²) in [5, 5.41) is 4.93. The molecule has 3 rings (SSSR count). The van der Waals surface area contributed by atoms with E-state index in [1.54, 1.807) is 32.4 Å². The lowest BCUT2D eigenvalue weighted by Crippen LogP contribution is -2.24. The number of benzene rings is 2. The summed E-state index contributed by atoms with van der Waals surface area (Å²) in [6.45, 7) is 2.20. The summed E-state index contributed by atoms with van der Waals surface area (Å²) in [6.07, 6.45) is 0.672. The van der Waals surface area contributed by atoms with Crippen molar-refractivity contribution in [2.45, 2.75) is 18.2 Å². The molecule has 31 heavy (non-hydrogen) atoms. The third-order valence-corrected chi connectivity index (χ3v) is 6.57. The molecule has 164 valence electrons. The number of sulfonamides is 1. The van der Waals surface area contributed by atoms with Gasteiger partial charge in [0.15, 0.2) is 16.6 Å². The molecule has 0 bridgehead atoms. The first-order valence-electron chi connectivity index (χ1n) is 9.47. The molecule has 1 amide bonds. The number of rotatable bonds is 9. The van der Waals surface area contributed by atoms with Gasteiger partial charge in [-0.1, -0.05) is 13.0 Å². The normalized spacial score (nSPS) is 11.2. The highest BCUT2D eigenvalue weighted by Crippen LogP contribution is 2.33. The van der Waals surface area contributed by atoms with Crippen molar-refractivity contribution in [3.63, 3.8) is 0 Å². The fourth-order valence-corrected chi connectivity index (χ4v) is 4.65. The molecule has 0 aliphatic carbocycles. The Kier molecular flexibility index (Phi) is 7.26. The largest absolute Gasteiger partial charge is 0.493 e. The maximum atomic E-state index is 12.6. The number of methoxy groups -OCH3 is 2. The summed E-state index contributed by atoms with van der Waals surface area (Å²) >= 11 is 1.27. The third kappa shape index (κ3) is 5.40. The van der Waals surface area contributed by atoms with Crippen molar-refractivity contribution in [3.8, 4) is 22.8 Å². The van der Waals surface area contributed by atoms with Crippen LogP contribution in [0.3, 0.4) is 0 Å².